The van der Waals surface area contributed by atoms with Crippen LogP contribution in [0, 0.1) is 11.3 Å². The maximum atomic E-state index is 12.0. The molecule has 0 radical (unpaired) electrons. The normalized spacial score (nSPS) is 14.1. The standard InChI is InChI=1S/C17H20N2O3/c1-3-21-15-8-5-12(16(10-15)22-4-2)9-13(11-18)17(20)19-14-6-7-14/h5,8-10,14H,3-4,6-7H2,1-2H3,(H,19,20)/b13-9+. The Morgan fingerprint density at radius 3 is 2.68 bits per heavy atom. The molecule has 1 aliphatic carbocycles. The van der Waals surface area contributed by atoms with E-state index < -0.39 is 0 Å². The predicted octanol–water partition coefficient (Wildman–Crippen LogP) is 2.67. The van der Waals surface area contributed by atoms with Gasteiger partial charge in [0, 0.05) is 17.7 Å². The number of benzene rings is 1. The molecule has 5 nitrogen and oxygen atoms in total. The van der Waals surface area contributed by atoms with Crippen LogP contribution in [0.1, 0.15) is 32.3 Å². The zero-order chi connectivity index (χ0) is 15.9. The van der Waals surface area contributed by atoms with E-state index in [0.29, 0.717) is 30.3 Å². The van der Waals surface area contributed by atoms with E-state index in [1.165, 1.54) is 0 Å². The molecule has 2 rings (SSSR count). The molecular weight excluding hydrogens is 280 g/mol. The van der Waals surface area contributed by atoms with Crippen LogP contribution in [0.3, 0.4) is 0 Å². The first-order chi connectivity index (χ1) is 10.7. The average molecular weight is 300 g/mol. The van der Waals surface area contributed by atoms with Crippen molar-refractivity contribution in [2.45, 2.75) is 32.7 Å². The zero-order valence-corrected chi connectivity index (χ0v) is 12.9. The molecule has 0 unspecified atom stereocenters. The van der Waals surface area contributed by atoms with Crippen LogP contribution in [0.4, 0.5) is 0 Å². The fourth-order valence-electron chi connectivity index (χ4n) is 1.97. The number of rotatable bonds is 7. The van der Waals surface area contributed by atoms with Gasteiger partial charge in [-0.05, 0) is 44.9 Å². The highest BCUT2D eigenvalue weighted by molar-refractivity contribution is 6.02. The van der Waals surface area contributed by atoms with Gasteiger partial charge in [-0.3, -0.25) is 4.79 Å². The molecule has 1 amide bonds. The second-order valence-corrected chi connectivity index (χ2v) is 4.98. The fourth-order valence-corrected chi connectivity index (χ4v) is 1.97. The smallest absolute Gasteiger partial charge is 0.262 e. The molecule has 0 atom stereocenters. The van der Waals surface area contributed by atoms with Crippen LogP contribution < -0.4 is 14.8 Å². The van der Waals surface area contributed by atoms with Crippen LogP contribution in [-0.2, 0) is 4.79 Å². The molecule has 22 heavy (non-hydrogen) atoms. The fraction of sp³-hybridized carbons (Fsp3) is 0.412. The third-order valence-electron chi connectivity index (χ3n) is 3.17. The topological polar surface area (TPSA) is 71.3 Å². The number of hydrogen-bond acceptors (Lipinski definition) is 4. The molecular formula is C17H20N2O3. The Morgan fingerprint density at radius 1 is 1.36 bits per heavy atom. The lowest BCUT2D eigenvalue weighted by Crippen LogP contribution is -2.26. The molecule has 0 aliphatic heterocycles. The Bertz CT molecular complexity index is 613. The molecule has 1 fully saturated rings. The predicted molar refractivity (Wildman–Crippen MR) is 83.5 cm³/mol. The quantitative estimate of drug-likeness (QED) is 0.621. The van der Waals surface area contributed by atoms with E-state index in [4.69, 9.17) is 9.47 Å². The van der Waals surface area contributed by atoms with Crippen molar-refractivity contribution in [3.05, 3.63) is 29.3 Å². The lowest BCUT2D eigenvalue weighted by Gasteiger charge is -2.11. The van der Waals surface area contributed by atoms with E-state index >= 15 is 0 Å². The van der Waals surface area contributed by atoms with Gasteiger partial charge >= 0.3 is 0 Å². The van der Waals surface area contributed by atoms with Crippen LogP contribution in [-0.4, -0.2) is 25.2 Å². The van der Waals surface area contributed by atoms with Crippen molar-refractivity contribution >= 4 is 12.0 Å². The SMILES string of the molecule is CCOc1ccc(/C=C(\C#N)C(=O)NC2CC2)c(OCC)c1. The van der Waals surface area contributed by atoms with Crippen LogP contribution >= 0.6 is 0 Å². The number of carbonyl (C=O) groups is 1. The number of nitrogens with one attached hydrogen (secondary N) is 1. The molecule has 1 aromatic rings. The first kappa shape index (κ1) is 15.9. The Balaban J connectivity index is 2.26. The van der Waals surface area contributed by atoms with Crippen LogP contribution in [0.2, 0.25) is 0 Å². The van der Waals surface area contributed by atoms with Gasteiger partial charge in [0.15, 0.2) is 0 Å². The summed E-state index contributed by atoms with van der Waals surface area (Å²) in [6, 6.07) is 7.53. The first-order valence-corrected chi connectivity index (χ1v) is 7.50. The Hall–Kier alpha value is -2.48. The number of hydrogen-bond donors (Lipinski definition) is 1. The zero-order valence-electron chi connectivity index (χ0n) is 12.9. The summed E-state index contributed by atoms with van der Waals surface area (Å²) in [5.74, 6) is 0.964. The average Bonchev–Trinajstić information content (AvgIpc) is 3.31. The summed E-state index contributed by atoms with van der Waals surface area (Å²) in [5.41, 5.74) is 0.768. The van der Waals surface area contributed by atoms with Crippen molar-refractivity contribution in [2.24, 2.45) is 0 Å². The van der Waals surface area contributed by atoms with Gasteiger partial charge in [0.1, 0.15) is 23.1 Å². The summed E-state index contributed by atoms with van der Waals surface area (Å²) >= 11 is 0. The van der Waals surface area contributed by atoms with Gasteiger partial charge in [0.2, 0.25) is 0 Å². The van der Waals surface area contributed by atoms with Crippen molar-refractivity contribution in [2.75, 3.05) is 13.2 Å². The molecule has 1 N–H and O–H groups in total. The lowest BCUT2D eigenvalue weighted by atomic mass is 10.1. The molecule has 5 heteroatoms. The summed E-state index contributed by atoms with van der Waals surface area (Å²) in [4.78, 5) is 12.0. The maximum absolute atomic E-state index is 12.0. The van der Waals surface area contributed by atoms with Gasteiger partial charge in [-0.15, -0.1) is 0 Å². The molecule has 116 valence electrons. The molecule has 1 aliphatic rings. The van der Waals surface area contributed by atoms with Crippen LogP contribution in [0.5, 0.6) is 11.5 Å². The second kappa shape index (κ2) is 7.51. The summed E-state index contributed by atoms with van der Waals surface area (Å²) in [6.45, 7) is 4.84. The van der Waals surface area contributed by atoms with Gasteiger partial charge in [-0.1, -0.05) is 0 Å². The van der Waals surface area contributed by atoms with E-state index in [1.807, 2.05) is 19.9 Å². The Morgan fingerprint density at radius 2 is 2.09 bits per heavy atom. The molecule has 0 aromatic heterocycles. The van der Waals surface area contributed by atoms with Gasteiger partial charge in [-0.2, -0.15) is 5.26 Å². The number of nitrogens with zero attached hydrogens (tertiary/aromatic N) is 1. The summed E-state index contributed by atoms with van der Waals surface area (Å²) in [5, 5.41) is 12.0. The van der Waals surface area contributed by atoms with Crippen molar-refractivity contribution in [1.82, 2.24) is 5.32 Å². The highest BCUT2D eigenvalue weighted by atomic mass is 16.5. The van der Waals surface area contributed by atoms with Crippen LogP contribution in [0.25, 0.3) is 6.08 Å². The minimum Gasteiger partial charge on any atom is -0.494 e. The molecule has 0 saturated heterocycles. The lowest BCUT2D eigenvalue weighted by molar-refractivity contribution is -0.117. The third-order valence-corrected chi connectivity index (χ3v) is 3.17. The third kappa shape index (κ3) is 4.26. The van der Waals surface area contributed by atoms with Crippen molar-refractivity contribution < 1.29 is 14.3 Å². The Kier molecular flexibility index (Phi) is 5.42. The second-order valence-electron chi connectivity index (χ2n) is 4.98. The number of carbonyl (C=O) groups excluding carboxylic acids is 1. The highest BCUT2D eigenvalue weighted by Gasteiger charge is 2.24. The van der Waals surface area contributed by atoms with Crippen molar-refractivity contribution in [3.63, 3.8) is 0 Å². The first-order valence-electron chi connectivity index (χ1n) is 7.50. The number of amides is 1. The molecule has 0 heterocycles. The van der Waals surface area contributed by atoms with Crippen LogP contribution in [0.15, 0.2) is 23.8 Å². The number of ether oxygens (including phenoxy) is 2. The van der Waals surface area contributed by atoms with Gasteiger partial charge in [0.25, 0.3) is 5.91 Å². The van der Waals surface area contributed by atoms with Gasteiger partial charge in [0.05, 0.1) is 13.2 Å². The minimum atomic E-state index is -0.332. The van der Waals surface area contributed by atoms with E-state index in [1.54, 1.807) is 24.3 Å². The summed E-state index contributed by atoms with van der Waals surface area (Å²) in [7, 11) is 0. The maximum Gasteiger partial charge on any atom is 0.262 e. The van der Waals surface area contributed by atoms with E-state index in [-0.39, 0.29) is 17.5 Å². The number of nitriles is 1. The molecule has 0 bridgehead atoms. The van der Waals surface area contributed by atoms with E-state index in [2.05, 4.69) is 5.32 Å². The molecule has 0 spiro atoms. The van der Waals surface area contributed by atoms with Crippen molar-refractivity contribution in [1.29, 1.82) is 5.26 Å². The van der Waals surface area contributed by atoms with Gasteiger partial charge < -0.3 is 14.8 Å². The monoisotopic (exact) mass is 300 g/mol. The summed E-state index contributed by atoms with van der Waals surface area (Å²) < 4.78 is 11.0. The Labute approximate surface area is 130 Å². The molecule has 1 saturated carbocycles. The largest absolute Gasteiger partial charge is 0.494 e. The van der Waals surface area contributed by atoms with E-state index in [9.17, 15) is 10.1 Å². The van der Waals surface area contributed by atoms with E-state index in [0.717, 1.165) is 12.8 Å². The molecule has 1 aromatic carbocycles. The minimum absolute atomic E-state index is 0.0806. The summed E-state index contributed by atoms with van der Waals surface area (Å²) in [6.07, 6.45) is 3.52. The highest BCUT2D eigenvalue weighted by Crippen LogP contribution is 2.27. The van der Waals surface area contributed by atoms with Crippen molar-refractivity contribution in [3.8, 4) is 17.6 Å². The van der Waals surface area contributed by atoms with Gasteiger partial charge in [-0.25, -0.2) is 0 Å².